The summed E-state index contributed by atoms with van der Waals surface area (Å²) in [7, 11) is 0. The molecule has 0 fully saturated rings. The van der Waals surface area contributed by atoms with Gasteiger partial charge in [0, 0.05) is 12.5 Å². The number of hydrogen-bond acceptors (Lipinski definition) is 5. The number of thiophene rings is 1. The van der Waals surface area contributed by atoms with Crippen LogP contribution >= 0.6 is 11.3 Å². The van der Waals surface area contributed by atoms with Crippen LogP contribution in [0.3, 0.4) is 0 Å². The first-order chi connectivity index (χ1) is 7.75. The van der Waals surface area contributed by atoms with E-state index >= 15 is 0 Å². The molecule has 0 aromatic carbocycles. The van der Waals surface area contributed by atoms with Gasteiger partial charge in [0.25, 0.3) is 0 Å². The monoisotopic (exact) mass is 237 g/mol. The van der Waals surface area contributed by atoms with Crippen LogP contribution in [-0.4, -0.2) is 16.7 Å². The number of anilines is 1. The Bertz CT molecular complexity index is 422. The van der Waals surface area contributed by atoms with Gasteiger partial charge in [0.15, 0.2) is 5.82 Å². The molecule has 0 amide bonds. The zero-order chi connectivity index (χ0) is 11.4. The normalized spacial score (nSPS) is 10.9. The van der Waals surface area contributed by atoms with E-state index in [9.17, 15) is 0 Å². The van der Waals surface area contributed by atoms with Gasteiger partial charge < -0.3 is 9.84 Å². The predicted molar refractivity (Wildman–Crippen MR) is 64.9 cm³/mol. The third-order valence-electron chi connectivity index (χ3n) is 2.23. The number of rotatable bonds is 5. The lowest BCUT2D eigenvalue weighted by molar-refractivity contribution is 0.419. The van der Waals surface area contributed by atoms with Gasteiger partial charge in [-0.05, 0) is 28.8 Å². The minimum Gasteiger partial charge on any atom is -0.337 e. The van der Waals surface area contributed by atoms with Crippen molar-refractivity contribution in [3.05, 3.63) is 28.2 Å². The lowest BCUT2D eigenvalue weighted by Gasteiger charge is -1.98. The van der Waals surface area contributed by atoms with Crippen molar-refractivity contribution in [2.75, 3.05) is 11.9 Å². The summed E-state index contributed by atoms with van der Waals surface area (Å²) in [6, 6.07) is 2.64. The number of aromatic nitrogens is 2. The highest BCUT2D eigenvalue weighted by Crippen LogP contribution is 2.12. The van der Waals surface area contributed by atoms with Crippen LogP contribution in [0.2, 0.25) is 0 Å². The number of hydrogen-bond donors (Lipinski definition) is 1. The molecule has 0 atom stereocenters. The molecule has 2 rings (SSSR count). The average Bonchev–Trinajstić information content (AvgIpc) is 2.87. The van der Waals surface area contributed by atoms with Gasteiger partial charge in [-0.25, -0.2) is 0 Å². The fourth-order valence-corrected chi connectivity index (χ4v) is 1.99. The third kappa shape index (κ3) is 2.82. The largest absolute Gasteiger partial charge is 0.337 e. The van der Waals surface area contributed by atoms with Gasteiger partial charge in [0.1, 0.15) is 0 Å². The van der Waals surface area contributed by atoms with Crippen molar-refractivity contribution in [3.8, 4) is 0 Å². The molecule has 16 heavy (non-hydrogen) atoms. The van der Waals surface area contributed by atoms with Gasteiger partial charge in [-0.1, -0.05) is 19.0 Å². The second-order valence-electron chi connectivity index (χ2n) is 3.92. The van der Waals surface area contributed by atoms with E-state index in [1.54, 1.807) is 11.3 Å². The van der Waals surface area contributed by atoms with E-state index in [4.69, 9.17) is 4.52 Å². The molecule has 0 unspecified atom stereocenters. The summed E-state index contributed by atoms with van der Waals surface area (Å²) in [5, 5.41) is 11.2. The Morgan fingerprint density at radius 1 is 1.50 bits per heavy atom. The summed E-state index contributed by atoms with van der Waals surface area (Å²) in [6.45, 7) is 4.90. The van der Waals surface area contributed by atoms with Gasteiger partial charge in [0.2, 0.25) is 0 Å². The van der Waals surface area contributed by atoms with Crippen LogP contribution in [-0.2, 0) is 6.42 Å². The van der Waals surface area contributed by atoms with Crippen LogP contribution in [0.1, 0.15) is 31.2 Å². The molecule has 0 saturated carbocycles. The van der Waals surface area contributed by atoms with Crippen LogP contribution in [0.5, 0.6) is 0 Å². The molecule has 2 heterocycles. The molecular formula is C11H15N3OS. The molecule has 86 valence electrons. The summed E-state index contributed by atoms with van der Waals surface area (Å²) in [5.41, 5.74) is 1.33. The molecule has 0 radical (unpaired) electrons. The van der Waals surface area contributed by atoms with Crippen molar-refractivity contribution in [2.24, 2.45) is 0 Å². The Balaban J connectivity index is 1.81. The molecular weight excluding hydrogens is 222 g/mol. The Hall–Kier alpha value is -1.36. The molecule has 0 bridgehead atoms. The minimum atomic E-state index is 0.302. The van der Waals surface area contributed by atoms with Crippen molar-refractivity contribution < 1.29 is 4.52 Å². The molecule has 0 aliphatic rings. The second-order valence-corrected chi connectivity index (χ2v) is 4.70. The van der Waals surface area contributed by atoms with E-state index in [-0.39, 0.29) is 0 Å². The lowest BCUT2D eigenvalue weighted by Crippen LogP contribution is -2.04. The highest BCUT2D eigenvalue weighted by atomic mass is 32.1. The van der Waals surface area contributed by atoms with Gasteiger partial charge >= 0.3 is 6.01 Å². The highest BCUT2D eigenvalue weighted by Gasteiger charge is 2.08. The quantitative estimate of drug-likeness (QED) is 0.868. The molecule has 0 aliphatic carbocycles. The van der Waals surface area contributed by atoms with E-state index in [1.165, 1.54) is 5.56 Å². The topological polar surface area (TPSA) is 51.0 Å². The van der Waals surface area contributed by atoms with E-state index in [0.717, 1.165) is 18.8 Å². The summed E-state index contributed by atoms with van der Waals surface area (Å²) in [5.74, 6) is 1.05. The lowest BCUT2D eigenvalue weighted by atomic mass is 10.2. The summed E-state index contributed by atoms with van der Waals surface area (Å²) in [4.78, 5) is 4.24. The first-order valence-corrected chi connectivity index (χ1v) is 6.28. The molecule has 0 aliphatic heterocycles. The standard InChI is InChI=1S/C11H15N3OS/c1-8(2)10-13-11(15-14-10)12-5-3-9-4-6-16-7-9/h4,6-8H,3,5H2,1-2H3,(H,12,13,14). The summed E-state index contributed by atoms with van der Waals surface area (Å²) in [6.07, 6.45) is 0.975. The van der Waals surface area contributed by atoms with Crippen molar-refractivity contribution >= 4 is 17.4 Å². The summed E-state index contributed by atoms with van der Waals surface area (Å²) < 4.78 is 5.08. The molecule has 1 N–H and O–H groups in total. The Kier molecular flexibility index (Phi) is 3.56. The zero-order valence-corrected chi connectivity index (χ0v) is 10.3. The Morgan fingerprint density at radius 3 is 3.00 bits per heavy atom. The van der Waals surface area contributed by atoms with Gasteiger partial charge in [0.05, 0.1) is 0 Å². The van der Waals surface area contributed by atoms with Crippen LogP contribution < -0.4 is 5.32 Å². The van der Waals surface area contributed by atoms with E-state index in [2.05, 4.69) is 32.3 Å². The van der Waals surface area contributed by atoms with Crippen LogP contribution in [0.25, 0.3) is 0 Å². The second kappa shape index (κ2) is 5.12. The fourth-order valence-electron chi connectivity index (χ4n) is 1.29. The van der Waals surface area contributed by atoms with Crippen LogP contribution in [0, 0.1) is 0 Å². The minimum absolute atomic E-state index is 0.302. The zero-order valence-electron chi connectivity index (χ0n) is 9.43. The van der Waals surface area contributed by atoms with Crippen molar-refractivity contribution in [1.29, 1.82) is 0 Å². The van der Waals surface area contributed by atoms with Crippen LogP contribution in [0.4, 0.5) is 6.01 Å². The number of nitrogens with one attached hydrogen (secondary N) is 1. The fraction of sp³-hybridized carbons (Fsp3) is 0.455. The van der Waals surface area contributed by atoms with E-state index in [0.29, 0.717) is 11.9 Å². The smallest absolute Gasteiger partial charge is 0.321 e. The molecule has 5 heteroatoms. The average molecular weight is 237 g/mol. The molecule has 4 nitrogen and oxygen atoms in total. The Morgan fingerprint density at radius 2 is 2.38 bits per heavy atom. The van der Waals surface area contributed by atoms with Gasteiger partial charge in [-0.15, -0.1) is 0 Å². The van der Waals surface area contributed by atoms with E-state index in [1.807, 2.05) is 13.8 Å². The number of nitrogens with zero attached hydrogens (tertiary/aromatic N) is 2. The molecule has 0 spiro atoms. The maximum Gasteiger partial charge on any atom is 0.321 e. The molecule has 2 aromatic heterocycles. The van der Waals surface area contributed by atoms with E-state index < -0.39 is 0 Å². The predicted octanol–water partition coefficient (Wildman–Crippen LogP) is 2.91. The first-order valence-electron chi connectivity index (χ1n) is 5.34. The van der Waals surface area contributed by atoms with Crippen molar-refractivity contribution in [1.82, 2.24) is 10.1 Å². The SMILES string of the molecule is CC(C)c1noc(NCCc2ccsc2)n1. The Labute approximate surface area is 98.7 Å². The van der Waals surface area contributed by atoms with Gasteiger partial charge in [-0.3, -0.25) is 0 Å². The third-order valence-corrected chi connectivity index (χ3v) is 2.96. The molecule has 2 aromatic rings. The van der Waals surface area contributed by atoms with Crippen molar-refractivity contribution in [3.63, 3.8) is 0 Å². The van der Waals surface area contributed by atoms with Crippen molar-refractivity contribution in [2.45, 2.75) is 26.2 Å². The summed E-state index contributed by atoms with van der Waals surface area (Å²) >= 11 is 1.71. The maximum atomic E-state index is 5.08. The van der Waals surface area contributed by atoms with Crippen LogP contribution in [0.15, 0.2) is 21.3 Å². The highest BCUT2D eigenvalue weighted by molar-refractivity contribution is 7.07. The first kappa shape index (κ1) is 11.1. The van der Waals surface area contributed by atoms with Gasteiger partial charge in [-0.2, -0.15) is 16.3 Å². The molecule has 0 saturated heterocycles. The maximum absolute atomic E-state index is 5.08.